The largest absolute Gasteiger partial charge is 0.497 e. The topological polar surface area (TPSA) is 18.5 Å². The van der Waals surface area contributed by atoms with E-state index in [1.165, 1.54) is 5.56 Å². The Hall–Kier alpha value is -2.74. The smallest absolute Gasteiger partial charge is 0.131 e. The van der Waals surface area contributed by atoms with E-state index in [0.717, 1.165) is 22.8 Å². The quantitative estimate of drug-likeness (QED) is 0.655. The van der Waals surface area contributed by atoms with Crippen molar-refractivity contribution in [2.24, 2.45) is 0 Å². The third-order valence-electron chi connectivity index (χ3n) is 3.22. The molecule has 104 valence electrons. The monoisotopic (exact) mass is 276 g/mol. The summed E-state index contributed by atoms with van der Waals surface area (Å²) in [6.45, 7) is 0. The minimum atomic E-state index is 0.763. The van der Waals surface area contributed by atoms with E-state index in [-0.39, 0.29) is 0 Å². The highest BCUT2D eigenvalue weighted by molar-refractivity contribution is 5.65. The molecule has 0 N–H and O–H groups in total. The maximum atomic E-state index is 5.90. The Bertz CT molecular complexity index is 720. The first-order valence-corrected chi connectivity index (χ1v) is 6.82. The summed E-state index contributed by atoms with van der Waals surface area (Å²) >= 11 is 0. The van der Waals surface area contributed by atoms with Crippen LogP contribution in [0.2, 0.25) is 0 Å². The van der Waals surface area contributed by atoms with Crippen molar-refractivity contribution in [2.75, 3.05) is 7.11 Å². The molecule has 0 unspecified atom stereocenters. The summed E-state index contributed by atoms with van der Waals surface area (Å²) in [5.41, 5.74) is 2.31. The summed E-state index contributed by atoms with van der Waals surface area (Å²) in [7, 11) is 1.65. The molecule has 0 aliphatic rings. The number of hydrogen-bond donors (Lipinski definition) is 0. The summed E-state index contributed by atoms with van der Waals surface area (Å²) in [6.07, 6.45) is 0. The van der Waals surface area contributed by atoms with Gasteiger partial charge < -0.3 is 9.47 Å². The molecule has 0 radical (unpaired) electrons. The summed E-state index contributed by atoms with van der Waals surface area (Å²) in [6, 6.07) is 25.9. The maximum absolute atomic E-state index is 5.90. The molecule has 0 aromatic heterocycles. The highest BCUT2D eigenvalue weighted by Crippen LogP contribution is 2.28. The molecule has 0 saturated carbocycles. The van der Waals surface area contributed by atoms with E-state index in [4.69, 9.17) is 9.47 Å². The Kier molecular flexibility index (Phi) is 3.88. The highest BCUT2D eigenvalue weighted by atomic mass is 16.5. The Morgan fingerprint density at radius 1 is 0.571 bits per heavy atom. The molecular formula is C19H16O2. The lowest BCUT2D eigenvalue weighted by atomic mass is 10.1. The Morgan fingerprint density at radius 2 is 1.19 bits per heavy atom. The van der Waals surface area contributed by atoms with Crippen LogP contribution in [0.25, 0.3) is 11.1 Å². The van der Waals surface area contributed by atoms with Gasteiger partial charge in [0.25, 0.3) is 0 Å². The lowest BCUT2D eigenvalue weighted by molar-refractivity contribution is 0.409. The van der Waals surface area contributed by atoms with Gasteiger partial charge in [-0.3, -0.25) is 0 Å². The molecule has 0 bridgehead atoms. The van der Waals surface area contributed by atoms with Gasteiger partial charge in [0, 0.05) is 6.07 Å². The first-order valence-electron chi connectivity index (χ1n) is 6.82. The minimum absolute atomic E-state index is 0.763. The number of rotatable bonds is 4. The molecule has 0 saturated heterocycles. The normalized spacial score (nSPS) is 10.1. The van der Waals surface area contributed by atoms with Gasteiger partial charge in [0.15, 0.2) is 0 Å². The van der Waals surface area contributed by atoms with E-state index >= 15 is 0 Å². The number of hydrogen-bond acceptors (Lipinski definition) is 2. The van der Waals surface area contributed by atoms with Crippen molar-refractivity contribution in [1.29, 1.82) is 0 Å². The van der Waals surface area contributed by atoms with Crippen molar-refractivity contribution in [3.63, 3.8) is 0 Å². The van der Waals surface area contributed by atoms with E-state index in [9.17, 15) is 0 Å². The third kappa shape index (κ3) is 3.23. The van der Waals surface area contributed by atoms with E-state index in [0.29, 0.717) is 0 Å². The molecule has 0 aliphatic heterocycles. The van der Waals surface area contributed by atoms with Gasteiger partial charge in [-0.15, -0.1) is 0 Å². The first-order chi connectivity index (χ1) is 10.3. The molecule has 0 heterocycles. The Labute approximate surface area is 124 Å². The van der Waals surface area contributed by atoms with Crippen molar-refractivity contribution in [3.05, 3.63) is 78.9 Å². The first kappa shape index (κ1) is 13.3. The van der Waals surface area contributed by atoms with E-state index in [2.05, 4.69) is 18.2 Å². The number of methoxy groups -OCH3 is 1. The van der Waals surface area contributed by atoms with Gasteiger partial charge in [0.1, 0.15) is 17.2 Å². The second kappa shape index (κ2) is 6.14. The van der Waals surface area contributed by atoms with Crippen molar-refractivity contribution in [2.45, 2.75) is 0 Å². The zero-order valence-electron chi connectivity index (χ0n) is 11.8. The van der Waals surface area contributed by atoms with Crippen LogP contribution in [0.5, 0.6) is 17.2 Å². The maximum Gasteiger partial charge on any atom is 0.131 e. The minimum Gasteiger partial charge on any atom is -0.497 e. The second-order valence-corrected chi connectivity index (χ2v) is 4.67. The zero-order chi connectivity index (χ0) is 14.5. The van der Waals surface area contributed by atoms with Gasteiger partial charge >= 0.3 is 0 Å². The fourth-order valence-corrected chi connectivity index (χ4v) is 2.17. The molecule has 3 aromatic carbocycles. The Morgan fingerprint density at radius 3 is 1.95 bits per heavy atom. The van der Waals surface area contributed by atoms with Crippen LogP contribution in [-0.2, 0) is 0 Å². The van der Waals surface area contributed by atoms with Gasteiger partial charge in [0.2, 0.25) is 0 Å². The van der Waals surface area contributed by atoms with Gasteiger partial charge in [-0.2, -0.15) is 0 Å². The SMILES string of the molecule is COc1cccc(Oc2cccc(-c3ccccc3)c2)c1. The van der Waals surface area contributed by atoms with Crippen LogP contribution in [0.4, 0.5) is 0 Å². The molecule has 2 nitrogen and oxygen atoms in total. The molecule has 3 aromatic rings. The van der Waals surface area contributed by atoms with Gasteiger partial charge in [-0.1, -0.05) is 48.5 Å². The molecule has 3 rings (SSSR count). The Balaban J connectivity index is 1.86. The van der Waals surface area contributed by atoms with Crippen molar-refractivity contribution in [3.8, 4) is 28.4 Å². The fraction of sp³-hybridized carbons (Fsp3) is 0.0526. The molecule has 21 heavy (non-hydrogen) atoms. The average molecular weight is 276 g/mol. The molecule has 0 amide bonds. The summed E-state index contributed by atoms with van der Waals surface area (Å²) in [5, 5.41) is 0. The lowest BCUT2D eigenvalue weighted by Gasteiger charge is -2.09. The van der Waals surface area contributed by atoms with Crippen LogP contribution in [0.15, 0.2) is 78.9 Å². The number of benzene rings is 3. The fourth-order valence-electron chi connectivity index (χ4n) is 2.17. The van der Waals surface area contributed by atoms with Crippen LogP contribution >= 0.6 is 0 Å². The van der Waals surface area contributed by atoms with Crippen LogP contribution < -0.4 is 9.47 Å². The highest BCUT2D eigenvalue weighted by Gasteiger charge is 2.02. The van der Waals surface area contributed by atoms with Gasteiger partial charge in [-0.25, -0.2) is 0 Å². The predicted molar refractivity (Wildman–Crippen MR) is 84.9 cm³/mol. The van der Waals surface area contributed by atoms with Crippen molar-refractivity contribution in [1.82, 2.24) is 0 Å². The average Bonchev–Trinajstić information content (AvgIpc) is 2.56. The molecule has 0 fully saturated rings. The number of ether oxygens (including phenoxy) is 2. The summed E-state index contributed by atoms with van der Waals surface area (Å²) < 4.78 is 11.1. The molecule has 0 atom stereocenters. The summed E-state index contributed by atoms with van der Waals surface area (Å²) in [4.78, 5) is 0. The molecule has 2 heteroatoms. The van der Waals surface area contributed by atoms with E-state index in [1.807, 2.05) is 60.7 Å². The summed E-state index contributed by atoms with van der Waals surface area (Å²) in [5.74, 6) is 2.36. The van der Waals surface area contributed by atoms with Crippen LogP contribution in [0.1, 0.15) is 0 Å². The lowest BCUT2D eigenvalue weighted by Crippen LogP contribution is -1.87. The van der Waals surface area contributed by atoms with Gasteiger partial charge in [0.05, 0.1) is 7.11 Å². The second-order valence-electron chi connectivity index (χ2n) is 4.67. The standard InChI is InChI=1S/C19H16O2/c1-20-17-10-6-12-19(14-17)21-18-11-5-9-16(13-18)15-7-3-2-4-8-15/h2-14H,1H3. The third-order valence-corrected chi connectivity index (χ3v) is 3.22. The zero-order valence-corrected chi connectivity index (χ0v) is 11.8. The predicted octanol–water partition coefficient (Wildman–Crippen LogP) is 5.15. The van der Waals surface area contributed by atoms with Gasteiger partial charge in [-0.05, 0) is 35.4 Å². The molecule has 0 aliphatic carbocycles. The molecule has 0 spiro atoms. The van der Waals surface area contributed by atoms with Crippen molar-refractivity contribution >= 4 is 0 Å². The van der Waals surface area contributed by atoms with Crippen LogP contribution in [0, 0.1) is 0 Å². The van der Waals surface area contributed by atoms with Crippen molar-refractivity contribution < 1.29 is 9.47 Å². The molecular weight excluding hydrogens is 260 g/mol. The van der Waals surface area contributed by atoms with Crippen LogP contribution in [-0.4, -0.2) is 7.11 Å². The van der Waals surface area contributed by atoms with E-state index in [1.54, 1.807) is 7.11 Å². The van der Waals surface area contributed by atoms with Crippen LogP contribution in [0.3, 0.4) is 0 Å². The van der Waals surface area contributed by atoms with E-state index < -0.39 is 0 Å².